The number of unbranched alkanes of at least 4 members (excludes halogenated alkanes) is 1. The third kappa shape index (κ3) is 11.0. The molecule has 0 heterocycles. The van der Waals surface area contributed by atoms with Crippen molar-refractivity contribution in [2.45, 2.75) is 178 Å². The fraction of sp³-hybridized carbons (Fsp3) is 0.438. The van der Waals surface area contributed by atoms with Crippen LogP contribution in [0.3, 0.4) is 0 Å². The molecule has 0 fully saturated rings. The fourth-order valence-electron chi connectivity index (χ4n) is 10.2. The molecule has 0 bridgehead atoms. The first-order valence-corrected chi connectivity index (χ1v) is 25.5. The van der Waals surface area contributed by atoms with E-state index in [1.807, 2.05) is 0 Å². The van der Waals surface area contributed by atoms with Gasteiger partial charge in [0.15, 0.2) is 0 Å². The van der Waals surface area contributed by atoms with Crippen molar-refractivity contribution in [2.24, 2.45) is 5.92 Å². The van der Waals surface area contributed by atoms with E-state index in [-0.39, 0.29) is 16.2 Å². The highest BCUT2D eigenvalue weighted by atomic mass is 15.2. The largest absolute Gasteiger partial charge is 0.310 e. The molecule has 0 aromatic heterocycles. The van der Waals surface area contributed by atoms with E-state index in [0.29, 0.717) is 0 Å². The number of benzene rings is 5. The number of rotatable bonds is 16. The molecular formula is C64H84N2. The first kappa shape index (κ1) is 50.3. The molecule has 350 valence electrons. The van der Waals surface area contributed by atoms with Gasteiger partial charge in [-0.1, -0.05) is 169 Å². The van der Waals surface area contributed by atoms with E-state index < -0.39 is 0 Å². The summed E-state index contributed by atoms with van der Waals surface area (Å²) in [5.74, 6) is 0.738. The Labute approximate surface area is 403 Å². The zero-order valence-corrected chi connectivity index (χ0v) is 44.1. The van der Waals surface area contributed by atoms with Crippen molar-refractivity contribution in [2.75, 3.05) is 9.80 Å². The standard InChI is InChI=1S/C64H84N2/c1-17-22-23-48(18-2)42-52-43-51(25-24-49(52)19-3)50-26-30-56(31-27-50)65(60-44(6)38-54(39-45(60)7)62(10,11)12)58-34-36-59(37-35-58)66(57-32-28-53(29-33-57)64(16,20-4)21-5)61-46(8)40-55(41-47(61)9)63(13,14)15/h19,25-41,43,48H,17-18,20-24,42H2,1-16H3/b49-19+. The Morgan fingerprint density at radius 3 is 1.33 bits per heavy atom. The van der Waals surface area contributed by atoms with Gasteiger partial charge in [-0.25, -0.2) is 0 Å². The lowest BCUT2D eigenvalue weighted by Crippen LogP contribution is -2.20. The smallest absolute Gasteiger partial charge is 0.0520 e. The number of allylic oxidation sites excluding steroid dienone is 6. The maximum absolute atomic E-state index is 2.49. The van der Waals surface area contributed by atoms with Crippen molar-refractivity contribution in [3.8, 4) is 0 Å². The van der Waals surface area contributed by atoms with Gasteiger partial charge in [0.2, 0.25) is 0 Å². The van der Waals surface area contributed by atoms with Crippen LogP contribution in [0.25, 0.3) is 5.57 Å². The topological polar surface area (TPSA) is 6.48 Å². The van der Waals surface area contributed by atoms with E-state index in [1.54, 1.807) is 0 Å². The highest BCUT2D eigenvalue weighted by Crippen LogP contribution is 2.46. The summed E-state index contributed by atoms with van der Waals surface area (Å²) in [4.78, 5) is 4.97. The van der Waals surface area contributed by atoms with Crippen molar-refractivity contribution in [3.05, 3.63) is 171 Å². The average Bonchev–Trinajstić information content (AvgIpc) is 3.29. The fourth-order valence-corrected chi connectivity index (χ4v) is 10.2. The Kier molecular flexibility index (Phi) is 15.9. The summed E-state index contributed by atoms with van der Waals surface area (Å²) in [5.41, 5.74) is 22.3. The number of nitrogens with zero attached hydrogens (tertiary/aromatic N) is 2. The molecule has 0 spiro atoms. The summed E-state index contributed by atoms with van der Waals surface area (Å²) in [5, 5.41) is 0. The normalized spacial score (nSPS) is 14.6. The molecule has 1 aliphatic rings. The van der Waals surface area contributed by atoms with Crippen molar-refractivity contribution in [1.82, 2.24) is 0 Å². The van der Waals surface area contributed by atoms with Crippen LogP contribution in [-0.4, -0.2) is 0 Å². The molecule has 6 rings (SSSR count). The van der Waals surface area contributed by atoms with Crippen LogP contribution < -0.4 is 9.80 Å². The van der Waals surface area contributed by atoms with Gasteiger partial charge in [0.1, 0.15) is 0 Å². The van der Waals surface area contributed by atoms with Gasteiger partial charge < -0.3 is 9.80 Å². The minimum absolute atomic E-state index is 0.0525. The van der Waals surface area contributed by atoms with Gasteiger partial charge in [0.25, 0.3) is 0 Å². The second kappa shape index (κ2) is 20.8. The van der Waals surface area contributed by atoms with Crippen molar-refractivity contribution < 1.29 is 0 Å². The number of anilines is 6. The molecule has 1 unspecified atom stereocenters. The summed E-state index contributed by atoms with van der Waals surface area (Å²) in [7, 11) is 0. The molecule has 0 N–H and O–H groups in total. The molecule has 2 heteroatoms. The van der Waals surface area contributed by atoms with Crippen LogP contribution in [0.4, 0.5) is 34.1 Å². The van der Waals surface area contributed by atoms with Crippen LogP contribution >= 0.6 is 0 Å². The molecule has 1 aliphatic carbocycles. The summed E-state index contributed by atoms with van der Waals surface area (Å²) in [6.07, 6.45) is 16.8. The quantitative estimate of drug-likeness (QED) is 0.0974. The highest BCUT2D eigenvalue weighted by Gasteiger charge is 2.27. The Balaban J connectivity index is 1.46. The van der Waals surface area contributed by atoms with E-state index in [2.05, 4.69) is 236 Å². The van der Waals surface area contributed by atoms with E-state index >= 15 is 0 Å². The van der Waals surface area contributed by atoms with Crippen LogP contribution in [-0.2, 0) is 16.2 Å². The second-order valence-corrected chi connectivity index (χ2v) is 21.9. The predicted molar refractivity (Wildman–Crippen MR) is 292 cm³/mol. The van der Waals surface area contributed by atoms with Crippen molar-refractivity contribution >= 4 is 39.7 Å². The van der Waals surface area contributed by atoms with Gasteiger partial charge in [-0.2, -0.15) is 0 Å². The molecular weight excluding hydrogens is 797 g/mol. The molecule has 0 saturated carbocycles. The van der Waals surface area contributed by atoms with Crippen molar-refractivity contribution in [3.63, 3.8) is 0 Å². The average molecular weight is 881 g/mol. The molecule has 0 amide bonds. The minimum atomic E-state index is 0.0525. The van der Waals surface area contributed by atoms with Crippen LogP contribution in [0.5, 0.6) is 0 Å². The summed E-state index contributed by atoms with van der Waals surface area (Å²) in [6.45, 7) is 36.9. The van der Waals surface area contributed by atoms with Gasteiger partial charge >= 0.3 is 0 Å². The summed E-state index contributed by atoms with van der Waals surface area (Å²) < 4.78 is 0. The third-order valence-corrected chi connectivity index (χ3v) is 15.1. The first-order valence-electron chi connectivity index (χ1n) is 25.5. The Morgan fingerprint density at radius 2 is 0.970 bits per heavy atom. The monoisotopic (exact) mass is 881 g/mol. The highest BCUT2D eigenvalue weighted by molar-refractivity contribution is 5.86. The Bertz CT molecular complexity index is 2480. The molecule has 2 nitrogen and oxygen atoms in total. The van der Waals surface area contributed by atoms with E-state index in [0.717, 1.165) is 42.2 Å². The number of hydrogen-bond donors (Lipinski definition) is 0. The minimum Gasteiger partial charge on any atom is -0.310 e. The van der Waals surface area contributed by atoms with Gasteiger partial charge in [0, 0.05) is 22.7 Å². The third-order valence-electron chi connectivity index (χ3n) is 15.1. The van der Waals surface area contributed by atoms with Crippen molar-refractivity contribution in [1.29, 1.82) is 0 Å². The number of hydrogen-bond acceptors (Lipinski definition) is 2. The summed E-state index contributed by atoms with van der Waals surface area (Å²) in [6, 6.07) is 37.7. The zero-order valence-electron chi connectivity index (χ0n) is 44.1. The lowest BCUT2D eigenvalue weighted by Gasteiger charge is -2.33. The molecule has 5 aromatic carbocycles. The Hall–Kier alpha value is -5.08. The van der Waals surface area contributed by atoms with E-state index in [9.17, 15) is 0 Å². The Morgan fingerprint density at radius 1 is 0.561 bits per heavy atom. The van der Waals surface area contributed by atoms with Gasteiger partial charge in [0.05, 0.1) is 11.4 Å². The maximum atomic E-state index is 2.49. The maximum Gasteiger partial charge on any atom is 0.0520 e. The lowest BCUT2D eigenvalue weighted by molar-refractivity contribution is 0.439. The van der Waals surface area contributed by atoms with Gasteiger partial charge in [-0.3, -0.25) is 0 Å². The van der Waals surface area contributed by atoms with Gasteiger partial charge in [-0.05, 0) is 192 Å². The molecule has 5 aromatic rings. The SMILES string of the molecule is C/C=C1\CC=C(c2ccc(N(c3ccc(N(c4ccc(C(C)(CC)CC)cc4)c4c(C)cc(C(C)(C)C)cc4C)cc3)c3c(C)cc(C(C)(C)C)cc3C)cc2)C=C1CC(CC)CCCC. The van der Waals surface area contributed by atoms with E-state index in [1.165, 1.54) is 110 Å². The predicted octanol–water partition coefficient (Wildman–Crippen LogP) is 19.8. The lowest BCUT2D eigenvalue weighted by atomic mass is 9.78. The molecule has 1 atom stereocenters. The van der Waals surface area contributed by atoms with Crippen LogP contribution in [0.2, 0.25) is 0 Å². The van der Waals surface area contributed by atoms with E-state index in [4.69, 9.17) is 0 Å². The van der Waals surface area contributed by atoms with Crippen LogP contribution in [0.15, 0.2) is 126 Å². The molecule has 0 saturated heterocycles. The van der Waals surface area contributed by atoms with Crippen LogP contribution in [0.1, 0.15) is 179 Å². The molecule has 0 radical (unpaired) electrons. The molecule has 66 heavy (non-hydrogen) atoms. The molecule has 0 aliphatic heterocycles. The summed E-state index contributed by atoms with van der Waals surface area (Å²) >= 11 is 0. The first-order chi connectivity index (χ1) is 31.3. The zero-order chi connectivity index (χ0) is 48.1. The number of aryl methyl sites for hydroxylation is 4. The van der Waals surface area contributed by atoms with Crippen LogP contribution in [0, 0.1) is 33.6 Å². The second-order valence-electron chi connectivity index (χ2n) is 21.9. The van der Waals surface area contributed by atoms with Gasteiger partial charge in [-0.15, -0.1) is 0 Å².